The van der Waals surface area contributed by atoms with Crippen LogP contribution < -0.4 is 0 Å². The van der Waals surface area contributed by atoms with Gasteiger partial charge in [-0.15, -0.1) is 0 Å². The van der Waals surface area contributed by atoms with E-state index in [0.29, 0.717) is 0 Å². The highest BCUT2D eigenvalue weighted by atomic mass is 16.3. The standard InChI is InChI=1S/C48H30O/c1-2-13-34-30-35(29-26-31(34)12-1)32-24-27-33(28-25-32)46-39-17-5-7-19-41(39)47(42-20-8-6-18-40(42)46)38-16-4-3-14-36(38)43-21-11-22-44-37-15-9-10-23-45(37)49-48(43)44/h1-30H. The molecule has 0 aliphatic rings. The Morgan fingerprint density at radius 3 is 1.53 bits per heavy atom. The molecule has 228 valence electrons. The fraction of sp³-hybridized carbons (Fsp3) is 0. The maximum Gasteiger partial charge on any atom is 0.143 e. The largest absolute Gasteiger partial charge is 0.455 e. The van der Waals surface area contributed by atoms with Crippen LogP contribution >= 0.6 is 0 Å². The monoisotopic (exact) mass is 622 g/mol. The molecule has 0 spiro atoms. The van der Waals surface area contributed by atoms with Crippen LogP contribution in [-0.2, 0) is 0 Å². The van der Waals surface area contributed by atoms with E-state index in [-0.39, 0.29) is 0 Å². The highest BCUT2D eigenvalue weighted by molar-refractivity contribution is 6.23. The van der Waals surface area contributed by atoms with Crippen LogP contribution in [-0.4, -0.2) is 0 Å². The van der Waals surface area contributed by atoms with E-state index in [4.69, 9.17) is 4.42 Å². The molecule has 0 unspecified atom stereocenters. The lowest BCUT2D eigenvalue weighted by atomic mass is 9.83. The number of hydrogen-bond acceptors (Lipinski definition) is 1. The van der Waals surface area contributed by atoms with E-state index in [1.54, 1.807) is 0 Å². The van der Waals surface area contributed by atoms with Crippen LogP contribution in [0.1, 0.15) is 0 Å². The molecule has 0 saturated heterocycles. The lowest BCUT2D eigenvalue weighted by Crippen LogP contribution is -1.93. The Bertz CT molecular complexity index is 2810. The summed E-state index contributed by atoms with van der Waals surface area (Å²) in [6.07, 6.45) is 0. The summed E-state index contributed by atoms with van der Waals surface area (Å²) in [7, 11) is 0. The molecule has 1 heteroatoms. The van der Waals surface area contributed by atoms with Gasteiger partial charge in [0, 0.05) is 16.3 Å². The van der Waals surface area contributed by atoms with Crippen molar-refractivity contribution in [3.63, 3.8) is 0 Å². The third-order valence-corrected chi connectivity index (χ3v) is 10.1. The van der Waals surface area contributed by atoms with E-state index < -0.39 is 0 Å². The van der Waals surface area contributed by atoms with E-state index in [9.17, 15) is 0 Å². The first kappa shape index (κ1) is 27.7. The Labute approximate surface area is 284 Å². The maximum absolute atomic E-state index is 6.54. The van der Waals surface area contributed by atoms with Crippen LogP contribution in [0.2, 0.25) is 0 Å². The molecule has 1 aromatic heterocycles. The van der Waals surface area contributed by atoms with Gasteiger partial charge in [-0.2, -0.15) is 0 Å². The smallest absolute Gasteiger partial charge is 0.143 e. The van der Waals surface area contributed by atoms with E-state index in [2.05, 4.69) is 176 Å². The number of furan rings is 1. The molecule has 0 saturated carbocycles. The Morgan fingerprint density at radius 2 is 0.796 bits per heavy atom. The van der Waals surface area contributed by atoms with Gasteiger partial charge >= 0.3 is 0 Å². The summed E-state index contributed by atoms with van der Waals surface area (Å²) in [4.78, 5) is 0. The molecule has 0 aliphatic carbocycles. The third-order valence-electron chi connectivity index (χ3n) is 10.1. The Kier molecular flexibility index (Phi) is 6.25. The number of rotatable bonds is 4. The van der Waals surface area contributed by atoms with Crippen molar-refractivity contribution < 1.29 is 4.42 Å². The molecule has 0 aliphatic heterocycles. The zero-order chi connectivity index (χ0) is 32.3. The third kappa shape index (κ3) is 4.40. The molecule has 1 heterocycles. The van der Waals surface area contributed by atoms with Crippen molar-refractivity contribution in [1.82, 2.24) is 0 Å². The van der Waals surface area contributed by atoms with Gasteiger partial charge in [-0.3, -0.25) is 0 Å². The minimum Gasteiger partial charge on any atom is -0.455 e. The van der Waals surface area contributed by atoms with Crippen molar-refractivity contribution in [2.45, 2.75) is 0 Å². The summed E-state index contributed by atoms with van der Waals surface area (Å²) < 4.78 is 6.54. The van der Waals surface area contributed by atoms with Crippen LogP contribution in [0.25, 0.3) is 98.8 Å². The minimum absolute atomic E-state index is 0.911. The predicted molar refractivity (Wildman–Crippen MR) is 208 cm³/mol. The van der Waals surface area contributed by atoms with E-state index in [1.807, 2.05) is 6.07 Å². The second-order valence-electron chi connectivity index (χ2n) is 12.8. The van der Waals surface area contributed by atoms with E-state index in [1.165, 1.54) is 65.7 Å². The van der Waals surface area contributed by atoms with Gasteiger partial charge < -0.3 is 4.42 Å². The lowest BCUT2D eigenvalue weighted by Gasteiger charge is -2.20. The van der Waals surface area contributed by atoms with Crippen molar-refractivity contribution in [1.29, 1.82) is 0 Å². The second kappa shape index (κ2) is 11.1. The van der Waals surface area contributed by atoms with Gasteiger partial charge in [0.05, 0.1) is 0 Å². The molecule has 0 bridgehead atoms. The number of hydrogen-bond donors (Lipinski definition) is 0. The molecule has 10 rings (SSSR count). The topological polar surface area (TPSA) is 13.1 Å². The van der Waals surface area contributed by atoms with Crippen molar-refractivity contribution >= 4 is 54.3 Å². The molecule has 10 aromatic rings. The molecule has 0 amide bonds. The number of benzene rings is 9. The average molecular weight is 623 g/mol. The number of para-hydroxylation sites is 2. The summed E-state index contributed by atoms with van der Waals surface area (Å²) in [5, 5.41) is 9.75. The molecule has 49 heavy (non-hydrogen) atoms. The van der Waals surface area contributed by atoms with Crippen LogP contribution in [0.3, 0.4) is 0 Å². The molecule has 0 N–H and O–H groups in total. The molecule has 9 aromatic carbocycles. The maximum atomic E-state index is 6.54. The van der Waals surface area contributed by atoms with Gasteiger partial charge in [0.2, 0.25) is 0 Å². The van der Waals surface area contributed by atoms with Crippen LogP contribution in [0.15, 0.2) is 186 Å². The molecular formula is C48H30O. The first-order valence-corrected chi connectivity index (χ1v) is 16.8. The van der Waals surface area contributed by atoms with Gasteiger partial charge in [0.25, 0.3) is 0 Å². The van der Waals surface area contributed by atoms with Gasteiger partial charge in [-0.25, -0.2) is 0 Å². The summed E-state index contributed by atoms with van der Waals surface area (Å²) >= 11 is 0. The Morgan fingerprint density at radius 1 is 0.286 bits per heavy atom. The zero-order valence-electron chi connectivity index (χ0n) is 26.7. The highest BCUT2D eigenvalue weighted by Crippen LogP contribution is 2.47. The summed E-state index contributed by atoms with van der Waals surface area (Å²) in [5.74, 6) is 0. The SMILES string of the molecule is c1ccc(-c2cccc3c2oc2ccccc23)c(-c2c3ccccc3c(-c3ccc(-c4ccc5ccccc5c4)cc3)c3ccccc23)c1. The Hall–Kier alpha value is -6.44. The lowest BCUT2D eigenvalue weighted by molar-refractivity contribution is 0.670. The highest BCUT2D eigenvalue weighted by Gasteiger charge is 2.20. The summed E-state index contributed by atoms with van der Waals surface area (Å²) in [6, 6.07) is 65.7. The van der Waals surface area contributed by atoms with Gasteiger partial charge in [-0.1, -0.05) is 170 Å². The Balaban J connectivity index is 1.19. The predicted octanol–water partition coefficient (Wildman–Crippen LogP) is 13.7. The molecule has 0 atom stereocenters. The van der Waals surface area contributed by atoms with E-state index in [0.717, 1.165) is 33.1 Å². The van der Waals surface area contributed by atoms with E-state index >= 15 is 0 Å². The van der Waals surface area contributed by atoms with Crippen molar-refractivity contribution in [3.05, 3.63) is 182 Å². The quantitative estimate of drug-likeness (QED) is 0.178. The van der Waals surface area contributed by atoms with Gasteiger partial charge in [0.15, 0.2) is 0 Å². The summed E-state index contributed by atoms with van der Waals surface area (Å²) in [5.41, 5.74) is 11.5. The molecular weight excluding hydrogens is 593 g/mol. The molecule has 1 nitrogen and oxygen atoms in total. The fourth-order valence-corrected chi connectivity index (χ4v) is 7.82. The summed E-state index contributed by atoms with van der Waals surface area (Å²) in [6.45, 7) is 0. The number of fused-ring (bicyclic) bond motifs is 6. The average Bonchev–Trinajstić information content (AvgIpc) is 3.56. The van der Waals surface area contributed by atoms with Crippen molar-refractivity contribution in [3.8, 4) is 44.5 Å². The second-order valence-corrected chi connectivity index (χ2v) is 12.8. The first-order valence-electron chi connectivity index (χ1n) is 16.8. The van der Waals surface area contributed by atoms with Crippen LogP contribution in [0.5, 0.6) is 0 Å². The van der Waals surface area contributed by atoms with Crippen molar-refractivity contribution in [2.75, 3.05) is 0 Å². The molecule has 0 fully saturated rings. The first-order chi connectivity index (χ1) is 24.3. The zero-order valence-corrected chi connectivity index (χ0v) is 26.7. The van der Waals surface area contributed by atoms with Gasteiger partial charge in [-0.05, 0) is 83.4 Å². The molecule has 0 radical (unpaired) electrons. The van der Waals surface area contributed by atoms with Crippen LogP contribution in [0.4, 0.5) is 0 Å². The van der Waals surface area contributed by atoms with Crippen molar-refractivity contribution in [2.24, 2.45) is 0 Å². The normalized spacial score (nSPS) is 11.7. The van der Waals surface area contributed by atoms with Gasteiger partial charge in [0.1, 0.15) is 11.2 Å². The fourth-order valence-electron chi connectivity index (χ4n) is 7.82. The minimum atomic E-state index is 0.911. The van der Waals surface area contributed by atoms with Crippen LogP contribution in [0, 0.1) is 0 Å².